The molecule has 1 aliphatic rings. The highest BCUT2D eigenvalue weighted by Gasteiger charge is 2.23. The molecule has 0 atom stereocenters. The predicted molar refractivity (Wildman–Crippen MR) is 46.0 cm³/mol. The molecule has 2 nitrogen and oxygen atoms in total. The molecular weight excluding hydrogens is 179 g/mol. The average molecular weight is 194 g/mol. The predicted octanol–water partition coefficient (Wildman–Crippen LogP) is 2.11. The highest BCUT2D eigenvalue weighted by molar-refractivity contribution is 7.86. The molecule has 0 aromatic carbocycles. The molecule has 12 heavy (non-hydrogen) atoms. The van der Waals surface area contributed by atoms with Gasteiger partial charge in [-0.25, -0.2) is 0 Å². The lowest BCUT2D eigenvalue weighted by Gasteiger charge is -2.24. The molecule has 0 amide bonds. The van der Waals surface area contributed by atoms with Crippen LogP contribution in [-0.2, 0) is 10.2 Å². The van der Waals surface area contributed by atoms with Gasteiger partial charge in [0.05, 0.1) is 5.75 Å². The van der Waals surface area contributed by atoms with E-state index >= 15 is 0 Å². The maximum absolute atomic E-state index is 12.2. The van der Waals surface area contributed by atoms with Gasteiger partial charge in [0.1, 0.15) is 0 Å². The van der Waals surface area contributed by atoms with Crippen molar-refractivity contribution in [3.8, 4) is 0 Å². The van der Waals surface area contributed by atoms with Crippen molar-refractivity contribution >= 4 is 10.2 Å². The van der Waals surface area contributed by atoms with Crippen molar-refractivity contribution in [2.45, 2.75) is 32.6 Å². The van der Waals surface area contributed by atoms with Gasteiger partial charge in [-0.05, 0) is 24.7 Å². The third kappa shape index (κ3) is 3.52. The van der Waals surface area contributed by atoms with Gasteiger partial charge < -0.3 is 0 Å². The highest BCUT2D eigenvalue weighted by atomic mass is 32.3. The normalized spacial score (nSPS) is 31.8. The molecule has 0 aromatic heterocycles. The molecule has 4 heteroatoms. The first kappa shape index (κ1) is 9.96. The molecular formula is C8H15FO2S. The SMILES string of the molecule is CC1CCC(CS(=O)(=O)F)CC1. The zero-order chi connectivity index (χ0) is 9.19. The van der Waals surface area contributed by atoms with Gasteiger partial charge >= 0.3 is 10.2 Å². The largest absolute Gasteiger partial charge is 0.302 e. The average Bonchev–Trinajstić information content (AvgIpc) is 1.91. The third-order valence-corrected chi connectivity index (χ3v) is 3.44. The Morgan fingerprint density at radius 2 is 1.75 bits per heavy atom. The zero-order valence-electron chi connectivity index (χ0n) is 7.29. The molecule has 0 radical (unpaired) electrons. The lowest BCUT2D eigenvalue weighted by atomic mass is 9.84. The van der Waals surface area contributed by atoms with Gasteiger partial charge in [0.15, 0.2) is 0 Å². The lowest BCUT2D eigenvalue weighted by molar-refractivity contribution is 0.307. The third-order valence-electron chi connectivity index (χ3n) is 2.57. The van der Waals surface area contributed by atoms with Gasteiger partial charge in [-0.2, -0.15) is 8.42 Å². The summed E-state index contributed by atoms with van der Waals surface area (Å²) < 4.78 is 32.9. The summed E-state index contributed by atoms with van der Waals surface area (Å²) in [5.41, 5.74) is 0. The quantitative estimate of drug-likeness (QED) is 0.631. The molecule has 0 unspecified atom stereocenters. The summed E-state index contributed by atoms with van der Waals surface area (Å²) in [6, 6.07) is 0. The van der Waals surface area contributed by atoms with E-state index in [4.69, 9.17) is 0 Å². The fraction of sp³-hybridized carbons (Fsp3) is 1.00. The van der Waals surface area contributed by atoms with E-state index in [2.05, 4.69) is 6.92 Å². The van der Waals surface area contributed by atoms with E-state index in [-0.39, 0.29) is 11.7 Å². The fourth-order valence-electron chi connectivity index (χ4n) is 1.78. The maximum Gasteiger partial charge on any atom is 0.302 e. The van der Waals surface area contributed by atoms with Crippen molar-refractivity contribution in [2.75, 3.05) is 5.75 Å². The molecule has 1 saturated carbocycles. The molecule has 0 aliphatic heterocycles. The van der Waals surface area contributed by atoms with E-state index in [9.17, 15) is 12.3 Å². The molecule has 1 rings (SSSR count). The second-order valence-corrected chi connectivity index (χ2v) is 5.24. The second kappa shape index (κ2) is 3.73. The van der Waals surface area contributed by atoms with E-state index in [1.165, 1.54) is 0 Å². The summed E-state index contributed by atoms with van der Waals surface area (Å²) in [5, 5.41) is 0. The molecule has 1 fully saturated rings. The summed E-state index contributed by atoms with van der Waals surface area (Å²) in [5.74, 6) is 0.486. The van der Waals surface area contributed by atoms with Crippen molar-refractivity contribution in [1.29, 1.82) is 0 Å². The Hall–Kier alpha value is -0.120. The summed E-state index contributed by atoms with van der Waals surface area (Å²) >= 11 is 0. The first-order chi connectivity index (χ1) is 5.47. The van der Waals surface area contributed by atoms with Gasteiger partial charge in [-0.1, -0.05) is 19.8 Å². The van der Waals surface area contributed by atoms with Crippen LogP contribution in [0.15, 0.2) is 0 Å². The number of halogens is 1. The van der Waals surface area contributed by atoms with Crippen LogP contribution >= 0.6 is 0 Å². The van der Waals surface area contributed by atoms with E-state index in [0.717, 1.165) is 25.7 Å². The molecule has 1 aliphatic carbocycles. The standard InChI is InChI=1S/C8H15FO2S/c1-7-2-4-8(5-3-7)6-12(9,10)11/h7-8H,2-6H2,1H3. The molecule has 0 aromatic rings. The first-order valence-corrected chi connectivity index (χ1v) is 5.95. The zero-order valence-corrected chi connectivity index (χ0v) is 8.11. The van der Waals surface area contributed by atoms with Crippen molar-refractivity contribution < 1.29 is 12.3 Å². The summed E-state index contributed by atoms with van der Waals surface area (Å²) in [6.07, 6.45) is 3.81. The number of hydrogen-bond donors (Lipinski definition) is 0. The number of hydrogen-bond acceptors (Lipinski definition) is 2. The minimum absolute atomic E-state index is 0.0659. The van der Waals surface area contributed by atoms with Gasteiger partial charge in [0.2, 0.25) is 0 Å². The Kier molecular flexibility index (Phi) is 3.09. The van der Waals surface area contributed by atoms with Crippen molar-refractivity contribution in [3.63, 3.8) is 0 Å². The van der Waals surface area contributed by atoms with Crippen LogP contribution in [0.25, 0.3) is 0 Å². The van der Waals surface area contributed by atoms with Gasteiger partial charge in [0.25, 0.3) is 0 Å². The second-order valence-electron chi connectivity index (χ2n) is 3.83. The molecule has 0 heterocycles. The van der Waals surface area contributed by atoms with Crippen LogP contribution in [0.3, 0.4) is 0 Å². The summed E-state index contributed by atoms with van der Waals surface area (Å²) in [4.78, 5) is 0. The van der Waals surface area contributed by atoms with Gasteiger partial charge in [-0.3, -0.25) is 0 Å². The topological polar surface area (TPSA) is 34.1 Å². The minimum atomic E-state index is -4.24. The van der Waals surface area contributed by atoms with Crippen LogP contribution in [-0.4, -0.2) is 14.2 Å². The number of rotatable bonds is 2. The van der Waals surface area contributed by atoms with Crippen LogP contribution in [0.4, 0.5) is 3.89 Å². The van der Waals surface area contributed by atoms with E-state index in [1.807, 2.05) is 0 Å². The molecule has 0 bridgehead atoms. The van der Waals surface area contributed by atoms with Crippen LogP contribution in [0.2, 0.25) is 0 Å². The van der Waals surface area contributed by atoms with Crippen LogP contribution in [0.1, 0.15) is 32.6 Å². The summed E-state index contributed by atoms with van der Waals surface area (Å²) in [6.45, 7) is 2.15. The van der Waals surface area contributed by atoms with Crippen molar-refractivity contribution in [2.24, 2.45) is 11.8 Å². The molecule has 0 N–H and O–H groups in total. The van der Waals surface area contributed by atoms with Gasteiger partial charge in [-0.15, -0.1) is 3.89 Å². The van der Waals surface area contributed by atoms with E-state index in [1.54, 1.807) is 0 Å². The molecule has 0 spiro atoms. The fourth-order valence-corrected chi connectivity index (χ4v) is 2.67. The summed E-state index contributed by atoms with van der Waals surface area (Å²) in [7, 11) is -4.24. The van der Waals surface area contributed by atoms with Crippen molar-refractivity contribution in [1.82, 2.24) is 0 Å². The van der Waals surface area contributed by atoms with Crippen LogP contribution in [0.5, 0.6) is 0 Å². The Morgan fingerprint density at radius 1 is 1.25 bits per heavy atom. The Morgan fingerprint density at radius 3 is 2.17 bits per heavy atom. The van der Waals surface area contributed by atoms with E-state index < -0.39 is 10.2 Å². The van der Waals surface area contributed by atoms with Gasteiger partial charge in [0, 0.05) is 0 Å². The molecule has 72 valence electrons. The first-order valence-electron chi connectivity index (χ1n) is 4.39. The minimum Gasteiger partial charge on any atom is -0.195 e. The Bertz CT molecular complexity index is 227. The Balaban J connectivity index is 2.36. The molecule has 0 saturated heterocycles. The van der Waals surface area contributed by atoms with Crippen molar-refractivity contribution in [3.05, 3.63) is 0 Å². The lowest BCUT2D eigenvalue weighted by Crippen LogP contribution is -2.18. The monoisotopic (exact) mass is 194 g/mol. The van der Waals surface area contributed by atoms with E-state index in [0.29, 0.717) is 5.92 Å². The van der Waals surface area contributed by atoms with Crippen LogP contribution in [0, 0.1) is 11.8 Å². The Labute approximate surface area is 73.4 Å². The smallest absolute Gasteiger partial charge is 0.195 e. The highest BCUT2D eigenvalue weighted by Crippen LogP contribution is 2.29. The van der Waals surface area contributed by atoms with Crippen LogP contribution < -0.4 is 0 Å². The maximum atomic E-state index is 12.2.